The van der Waals surface area contributed by atoms with E-state index in [1.807, 2.05) is 30.3 Å². The van der Waals surface area contributed by atoms with E-state index in [1.54, 1.807) is 0 Å². The Morgan fingerprint density at radius 3 is 2.24 bits per heavy atom. The van der Waals surface area contributed by atoms with Gasteiger partial charge in [0.2, 0.25) is 0 Å². The third kappa shape index (κ3) is 2.39. The number of benzene rings is 2. The molecule has 0 saturated heterocycles. The van der Waals surface area contributed by atoms with Gasteiger partial charge in [0.1, 0.15) is 0 Å². The molecule has 0 aromatic heterocycles. The summed E-state index contributed by atoms with van der Waals surface area (Å²) < 4.78 is 26.2. The molecule has 0 amide bonds. The molecule has 0 aliphatic carbocycles. The van der Waals surface area contributed by atoms with Gasteiger partial charge in [-0.2, -0.15) is 0 Å². The summed E-state index contributed by atoms with van der Waals surface area (Å²) in [6.07, 6.45) is 0. The Labute approximate surface area is 104 Å². The van der Waals surface area contributed by atoms with Gasteiger partial charge in [0.25, 0.3) is 0 Å². The van der Waals surface area contributed by atoms with Gasteiger partial charge in [-0.05, 0) is 28.8 Å². The van der Waals surface area contributed by atoms with Gasteiger partial charge in [-0.25, -0.2) is 8.78 Å². The Morgan fingerprint density at radius 1 is 1.00 bits per heavy atom. The molecule has 0 nitrogen and oxygen atoms in total. The van der Waals surface area contributed by atoms with Crippen molar-refractivity contribution >= 4 is 18.2 Å². The second kappa shape index (κ2) is 4.72. The first-order valence-corrected chi connectivity index (χ1v) is 5.47. The Bertz CT molecular complexity index is 562. The summed E-state index contributed by atoms with van der Waals surface area (Å²) in [5, 5.41) is 0. The maximum Gasteiger partial charge on any atom is 0.159 e. The zero-order chi connectivity index (χ0) is 12.4. The quantitative estimate of drug-likeness (QED) is 0.752. The Kier molecular flexibility index (Phi) is 3.29. The van der Waals surface area contributed by atoms with E-state index in [-0.39, 0.29) is 0 Å². The van der Waals surface area contributed by atoms with Crippen molar-refractivity contribution in [1.29, 1.82) is 0 Å². The topological polar surface area (TPSA) is 0 Å². The largest absolute Gasteiger partial charge is 0.204 e. The molecule has 0 fully saturated rings. The fourth-order valence-corrected chi connectivity index (χ4v) is 1.89. The van der Waals surface area contributed by atoms with E-state index in [9.17, 15) is 8.78 Å². The van der Waals surface area contributed by atoms with E-state index in [1.165, 1.54) is 0 Å². The SMILES string of the molecule is C=C(c1ccccc1)c1cc(F)c(F)cc1S. The summed E-state index contributed by atoms with van der Waals surface area (Å²) in [5.74, 6) is -1.80. The van der Waals surface area contributed by atoms with Crippen molar-refractivity contribution in [2.45, 2.75) is 4.90 Å². The Balaban J connectivity index is 2.48. The lowest BCUT2D eigenvalue weighted by molar-refractivity contribution is 0.505. The van der Waals surface area contributed by atoms with Crippen LogP contribution in [0.4, 0.5) is 8.78 Å². The highest BCUT2D eigenvalue weighted by Gasteiger charge is 2.11. The van der Waals surface area contributed by atoms with E-state index in [0.717, 1.165) is 17.7 Å². The van der Waals surface area contributed by atoms with Crippen LogP contribution in [0, 0.1) is 11.6 Å². The minimum absolute atomic E-state index is 0.373. The Hall–Kier alpha value is -1.61. The van der Waals surface area contributed by atoms with E-state index in [4.69, 9.17) is 0 Å². The van der Waals surface area contributed by atoms with Crippen molar-refractivity contribution < 1.29 is 8.78 Å². The smallest absolute Gasteiger partial charge is 0.159 e. The van der Waals surface area contributed by atoms with Crippen LogP contribution in [0.5, 0.6) is 0 Å². The lowest BCUT2D eigenvalue weighted by atomic mass is 9.99. The second-order valence-electron chi connectivity index (χ2n) is 3.63. The fourth-order valence-electron chi connectivity index (χ4n) is 1.57. The summed E-state index contributed by atoms with van der Waals surface area (Å²) >= 11 is 4.14. The summed E-state index contributed by atoms with van der Waals surface area (Å²) in [6, 6.07) is 11.5. The normalized spacial score (nSPS) is 10.3. The van der Waals surface area contributed by atoms with E-state index in [0.29, 0.717) is 16.0 Å². The molecule has 0 heterocycles. The first-order chi connectivity index (χ1) is 8.09. The molecular formula is C14H10F2S. The molecule has 0 unspecified atom stereocenters. The average Bonchev–Trinajstić information content (AvgIpc) is 2.34. The van der Waals surface area contributed by atoms with Crippen LogP contribution in [0.3, 0.4) is 0 Å². The van der Waals surface area contributed by atoms with Crippen molar-refractivity contribution in [2.24, 2.45) is 0 Å². The molecule has 0 N–H and O–H groups in total. The summed E-state index contributed by atoms with van der Waals surface area (Å²) in [5.41, 5.74) is 1.97. The van der Waals surface area contributed by atoms with Crippen molar-refractivity contribution in [3.8, 4) is 0 Å². The molecular weight excluding hydrogens is 238 g/mol. The van der Waals surface area contributed by atoms with Crippen LogP contribution in [0.15, 0.2) is 53.9 Å². The second-order valence-corrected chi connectivity index (χ2v) is 4.11. The maximum atomic E-state index is 13.2. The van der Waals surface area contributed by atoms with E-state index >= 15 is 0 Å². The van der Waals surface area contributed by atoms with E-state index in [2.05, 4.69) is 19.2 Å². The third-order valence-corrected chi connectivity index (χ3v) is 2.86. The average molecular weight is 248 g/mol. The molecule has 0 bridgehead atoms. The molecule has 0 radical (unpaired) electrons. The van der Waals surface area contributed by atoms with Gasteiger partial charge in [0, 0.05) is 4.90 Å². The first kappa shape index (κ1) is 11.9. The van der Waals surface area contributed by atoms with Crippen molar-refractivity contribution in [3.63, 3.8) is 0 Å². The number of hydrogen-bond donors (Lipinski definition) is 1. The Morgan fingerprint density at radius 2 is 1.59 bits per heavy atom. The standard InChI is InChI=1S/C14H10F2S/c1-9(10-5-3-2-4-6-10)11-7-12(15)13(16)8-14(11)17/h2-8,17H,1H2. The van der Waals surface area contributed by atoms with Crippen molar-refractivity contribution in [2.75, 3.05) is 0 Å². The molecule has 17 heavy (non-hydrogen) atoms. The predicted octanol–water partition coefficient (Wildman–Crippen LogP) is 4.32. The van der Waals surface area contributed by atoms with Crippen LogP contribution < -0.4 is 0 Å². The van der Waals surface area contributed by atoms with Gasteiger partial charge in [0.15, 0.2) is 11.6 Å². The summed E-state index contributed by atoms with van der Waals surface area (Å²) in [6.45, 7) is 3.89. The van der Waals surface area contributed by atoms with Gasteiger partial charge >= 0.3 is 0 Å². The maximum absolute atomic E-state index is 13.2. The number of halogens is 2. The molecule has 0 atom stereocenters. The molecule has 2 rings (SSSR count). The number of thiol groups is 1. The highest BCUT2D eigenvalue weighted by Crippen LogP contribution is 2.28. The van der Waals surface area contributed by atoms with Gasteiger partial charge in [0.05, 0.1) is 0 Å². The zero-order valence-electron chi connectivity index (χ0n) is 8.95. The molecule has 0 saturated carbocycles. The molecule has 2 aromatic rings. The van der Waals surface area contributed by atoms with Crippen LogP contribution in [-0.4, -0.2) is 0 Å². The first-order valence-electron chi connectivity index (χ1n) is 5.02. The highest BCUT2D eigenvalue weighted by atomic mass is 32.1. The van der Waals surface area contributed by atoms with Crippen molar-refractivity contribution in [3.05, 3.63) is 71.8 Å². The molecule has 0 aliphatic rings. The third-order valence-electron chi connectivity index (χ3n) is 2.49. The van der Waals surface area contributed by atoms with Crippen LogP contribution in [0.25, 0.3) is 5.57 Å². The van der Waals surface area contributed by atoms with Gasteiger partial charge in [-0.15, -0.1) is 12.6 Å². The highest BCUT2D eigenvalue weighted by molar-refractivity contribution is 7.80. The molecule has 2 aromatic carbocycles. The molecule has 0 aliphatic heterocycles. The lowest BCUT2D eigenvalue weighted by Gasteiger charge is -2.09. The predicted molar refractivity (Wildman–Crippen MR) is 68.2 cm³/mol. The summed E-state index contributed by atoms with van der Waals surface area (Å²) in [7, 11) is 0. The van der Waals surface area contributed by atoms with Gasteiger partial charge in [-0.1, -0.05) is 36.9 Å². The van der Waals surface area contributed by atoms with Crippen LogP contribution >= 0.6 is 12.6 Å². The van der Waals surface area contributed by atoms with Crippen molar-refractivity contribution in [1.82, 2.24) is 0 Å². The van der Waals surface area contributed by atoms with Crippen LogP contribution in [-0.2, 0) is 0 Å². The zero-order valence-corrected chi connectivity index (χ0v) is 9.85. The van der Waals surface area contributed by atoms with Gasteiger partial charge in [-0.3, -0.25) is 0 Å². The number of hydrogen-bond acceptors (Lipinski definition) is 1. The monoisotopic (exact) mass is 248 g/mol. The lowest BCUT2D eigenvalue weighted by Crippen LogP contribution is -1.92. The minimum Gasteiger partial charge on any atom is -0.204 e. The fraction of sp³-hybridized carbons (Fsp3) is 0. The van der Waals surface area contributed by atoms with E-state index < -0.39 is 11.6 Å². The summed E-state index contributed by atoms with van der Waals surface area (Å²) in [4.78, 5) is 0.373. The van der Waals surface area contributed by atoms with Crippen LogP contribution in [0.2, 0.25) is 0 Å². The molecule has 86 valence electrons. The van der Waals surface area contributed by atoms with Crippen LogP contribution in [0.1, 0.15) is 11.1 Å². The number of rotatable bonds is 2. The van der Waals surface area contributed by atoms with Gasteiger partial charge < -0.3 is 0 Å². The molecule has 3 heteroatoms. The molecule has 0 spiro atoms. The minimum atomic E-state index is -0.903.